The van der Waals surface area contributed by atoms with Crippen molar-refractivity contribution in [2.45, 2.75) is 45.1 Å². The first-order valence-corrected chi connectivity index (χ1v) is 8.54. The fourth-order valence-corrected chi connectivity index (χ4v) is 4.30. The fourth-order valence-electron chi connectivity index (χ4n) is 3.11. The molecule has 0 spiro atoms. The van der Waals surface area contributed by atoms with Crippen LogP contribution in [0.2, 0.25) is 0 Å². The summed E-state index contributed by atoms with van der Waals surface area (Å²) in [7, 11) is 0. The Bertz CT molecular complexity index is 676. The van der Waals surface area contributed by atoms with Gasteiger partial charge < -0.3 is 10.5 Å². The lowest BCUT2D eigenvalue weighted by Gasteiger charge is -2.23. The van der Waals surface area contributed by atoms with Gasteiger partial charge >= 0.3 is 5.97 Å². The molecule has 1 aromatic heterocycles. The lowest BCUT2D eigenvalue weighted by molar-refractivity contribution is 0.0378. The van der Waals surface area contributed by atoms with Gasteiger partial charge in [0.05, 0.1) is 11.7 Å². The topological polar surface area (TPSA) is 52.3 Å². The van der Waals surface area contributed by atoms with E-state index in [0.717, 1.165) is 24.8 Å². The Hall–Kier alpha value is -1.81. The van der Waals surface area contributed by atoms with Crippen LogP contribution in [-0.2, 0) is 17.6 Å². The smallest absolute Gasteiger partial charge is 0.341 e. The molecule has 0 amide bonds. The first kappa shape index (κ1) is 15.1. The summed E-state index contributed by atoms with van der Waals surface area (Å²) >= 11 is 1.55. The van der Waals surface area contributed by atoms with Crippen LogP contribution in [0.3, 0.4) is 0 Å². The number of ether oxygens (including phenoxy) is 1. The molecule has 0 saturated carbocycles. The molecule has 1 aromatic carbocycles. The number of carbonyl (C=O) groups excluding carboxylic acids is 1. The van der Waals surface area contributed by atoms with Crippen LogP contribution in [0, 0.1) is 0 Å². The molecule has 3 rings (SSSR count). The van der Waals surface area contributed by atoms with Crippen molar-refractivity contribution in [2.75, 3.05) is 5.73 Å². The second-order valence-corrected chi connectivity index (χ2v) is 7.18. The van der Waals surface area contributed by atoms with Gasteiger partial charge in [0.1, 0.15) is 5.00 Å². The molecule has 22 heavy (non-hydrogen) atoms. The van der Waals surface area contributed by atoms with E-state index < -0.39 is 0 Å². The third kappa shape index (κ3) is 2.88. The molecule has 1 aliphatic rings. The van der Waals surface area contributed by atoms with Crippen molar-refractivity contribution in [3.8, 4) is 0 Å². The van der Waals surface area contributed by atoms with Gasteiger partial charge in [0, 0.05) is 4.88 Å². The number of nitrogens with two attached hydrogens (primary N) is 1. The van der Waals surface area contributed by atoms with E-state index in [9.17, 15) is 4.79 Å². The van der Waals surface area contributed by atoms with Crippen LogP contribution < -0.4 is 5.73 Å². The molecule has 0 bridgehead atoms. The molecular formula is C18H21NO2S. The molecule has 2 aromatic rings. The number of hydrogen-bond acceptors (Lipinski definition) is 4. The van der Waals surface area contributed by atoms with Crippen molar-refractivity contribution in [3.05, 3.63) is 51.9 Å². The highest BCUT2D eigenvalue weighted by molar-refractivity contribution is 7.16. The van der Waals surface area contributed by atoms with Crippen molar-refractivity contribution >= 4 is 22.3 Å². The molecule has 3 nitrogen and oxygen atoms in total. The van der Waals surface area contributed by atoms with Crippen molar-refractivity contribution in [3.63, 3.8) is 0 Å². The average Bonchev–Trinajstić information content (AvgIpc) is 2.82. The van der Waals surface area contributed by atoms with Gasteiger partial charge in [-0.2, -0.15) is 0 Å². The second-order valence-electron chi connectivity index (χ2n) is 6.05. The minimum atomic E-state index is -0.275. The van der Waals surface area contributed by atoms with Crippen molar-refractivity contribution in [2.24, 2.45) is 0 Å². The summed E-state index contributed by atoms with van der Waals surface area (Å²) in [6, 6.07) is 10.6. The number of esters is 1. The average molecular weight is 315 g/mol. The van der Waals surface area contributed by atoms with E-state index in [0.29, 0.717) is 16.5 Å². The SMILES string of the molecule is CC(C)OC(=O)c1c(N)sc2c1CC[C@@H](c1ccccc1)C2. The predicted octanol–water partition coefficient (Wildman–Crippen LogP) is 4.17. The summed E-state index contributed by atoms with van der Waals surface area (Å²) in [5, 5.41) is 0.601. The van der Waals surface area contributed by atoms with E-state index in [1.165, 1.54) is 10.4 Å². The van der Waals surface area contributed by atoms with Crippen molar-refractivity contribution < 1.29 is 9.53 Å². The van der Waals surface area contributed by atoms with E-state index in [-0.39, 0.29) is 12.1 Å². The van der Waals surface area contributed by atoms with Gasteiger partial charge in [0.25, 0.3) is 0 Å². The number of anilines is 1. The summed E-state index contributed by atoms with van der Waals surface area (Å²) in [6.07, 6.45) is 2.78. The lowest BCUT2D eigenvalue weighted by Crippen LogP contribution is -2.17. The summed E-state index contributed by atoms with van der Waals surface area (Å²) < 4.78 is 5.34. The fraction of sp³-hybridized carbons (Fsp3) is 0.389. The normalized spacial score (nSPS) is 17.3. The van der Waals surface area contributed by atoms with Gasteiger partial charge in [-0.15, -0.1) is 11.3 Å². The highest BCUT2D eigenvalue weighted by Gasteiger charge is 2.29. The number of rotatable bonds is 3. The van der Waals surface area contributed by atoms with Gasteiger partial charge in [-0.05, 0) is 50.2 Å². The minimum absolute atomic E-state index is 0.122. The molecule has 116 valence electrons. The second kappa shape index (κ2) is 6.13. The van der Waals surface area contributed by atoms with Crippen LogP contribution in [0.5, 0.6) is 0 Å². The Morgan fingerprint density at radius 2 is 2.05 bits per heavy atom. The number of benzene rings is 1. The number of hydrogen-bond donors (Lipinski definition) is 1. The summed E-state index contributed by atoms with van der Waals surface area (Å²) in [4.78, 5) is 13.5. The maximum atomic E-state index is 12.3. The van der Waals surface area contributed by atoms with Crippen LogP contribution in [0.1, 0.15) is 52.5 Å². The largest absolute Gasteiger partial charge is 0.459 e. The van der Waals surface area contributed by atoms with Gasteiger partial charge in [0.15, 0.2) is 0 Å². The van der Waals surface area contributed by atoms with Gasteiger partial charge in [0.2, 0.25) is 0 Å². The summed E-state index contributed by atoms with van der Waals surface area (Å²) in [6.45, 7) is 3.72. The molecule has 1 heterocycles. The van der Waals surface area contributed by atoms with Gasteiger partial charge in [-0.25, -0.2) is 4.79 Å². The highest BCUT2D eigenvalue weighted by Crippen LogP contribution is 2.41. The van der Waals surface area contributed by atoms with E-state index in [1.54, 1.807) is 11.3 Å². The minimum Gasteiger partial charge on any atom is -0.459 e. The molecule has 0 unspecified atom stereocenters. The van der Waals surface area contributed by atoms with Crippen LogP contribution >= 0.6 is 11.3 Å². The van der Waals surface area contributed by atoms with Crippen molar-refractivity contribution in [1.82, 2.24) is 0 Å². The van der Waals surface area contributed by atoms with Crippen LogP contribution in [0.25, 0.3) is 0 Å². The summed E-state index contributed by atoms with van der Waals surface area (Å²) in [5.74, 6) is 0.240. The van der Waals surface area contributed by atoms with Crippen LogP contribution in [0.15, 0.2) is 30.3 Å². The standard InChI is InChI=1S/C18H21NO2S/c1-11(2)21-18(20)16-14-9-8-13(10-15(14)22-17(16)19)12-6-4-3-5-7-12/h3-7,11,13H,8-10,19H2,1-2H3/t13-/m1/s1. The van der Waals surface area contributed by atoms with E-state index in [2.05, 4.69) is 24.3 Å². The zero-order valence-electron chi connectivity index (χ0n) is 13.0. The Labute approximate surface area is 135 Å². The van der Waals surface area contributed by atoms with E-state index in [4.69, 9.17) is 10.5 Å². The third-order valence-electron chi connectivity index (χ3n) is 4.11. The first-order valence-electron chi connectivity index (χ1n) is 7.72. The van der Waals surface area contributed by atoms with Crippen LogP contribution in [0.4, 0.5) is 5.00 Å². The lowest BCUT2D eigenvalue weighted by atomic mass is 9.83. The van der Waals surface area contributed by atoms with E-state index in [1.807, 2.05) is 19.9 Å². The zero-order valence-corrected chi connectivity index (χ0v) is 13.8. The van der Waals surface area contributed by atoms with Gasteiger partial charge in [-0.3, -0.25) is 0 Å². The molecule has 0 saturated heterocycles. The number of fused-ring (bicyclic) bond motifs is 1. The number of thiophene rings is 1. The predicted molar refractivity (Wildman–Crippen MR) is 90.5 cm³/mol. The number of nitrogen functional groups attached to an aromatic ring is 1. The monoisotopic (exact) mass is 315 g/mol. The molecule has 0 fully saturated rings. The van der Waals surface area contributed by atoms with Gasteiger partial charge in [-0.1, -0.05) is 30.3 Å². The first-order chi connectivity index (χ1) is 10.6. The number of carbonyl (C=O) groups is 1. The van der Waals surface area contributed by atoms with Crippen molar-refractivity contribution in [1.29, 1.82) is 0 Å². The van der Waals surface area contributed by atoms with E-state index >= 15 is 0 Å². The third-order valence-corrected chi connectivity index (χ3v) is 5.19. The summed E-state index contributed by atoms with van der Waals surface area (Å²) in [5.41, 5.74) is 9.19. The molecule has 1 aliphatic carbocycles. The molecular weight excluding hydrogens is 294 g/mol. The molecule has 4 heteroatoms. The Balaban J connectivity index is 1.86. The van der Waals surface area contributed by atoms with Crippen LogP contribution in [-0.4, -0.2) is 12.1 Å². The highest BCUT2D eigenvalue weighted by atomic mass is 32.1. The Morgan fingerprint density at radius 1 is 1.32 bits per heavy atom. The maximum Gasteiger partial charge on any atom is 0.341 e. The Morgan fingerprint density at radius 3 is 2.73 bits per heavy atom. The molecule has 1 atom stereocenters. The molecule has 2 N–H and O–H groups in total. The quantitative estimate of drug-likeness (QED) is 0.865. The zero-order chi connectivity index (χ0) is 15.7. The Kier molecular flexibility index (Phi) is 4.21. The molecule has 0 aliphatic heterocycles. The molecule has 0 radical (unpaired) electrons. The maximum absolute atomic E-state index is 12.3.